The fourth-order valence-corrected chi connectivity index (χ4v) is 1.69. The Balaban J connectivity index is 2.56. The summed E-state index contributed by atoms with van der Waals surface area (Å²) in [6.07, 6.45) is -3.05. The van der Waals surface area contributed by atoms with Crippen molar-refractivity contribution in [3.8, 4) is 23.0 Å². The van der Waals surface area contributed by atoms with Crippen molar-refractivity contribution in [2.75, 3.05) is 14.2 Å². The van der Waals surface area contributed by atoms with E-state index in [0.29, 0.717) is 11.5 Å². The van der Waals surface area contributed by atoms with Crippen LogP contribution in [-0.4, -0.2) is 30.3 Å². The van der Waals surface area contributed by atoms with Gasteiger partial charge in [0, 0.05) is 11.6 Å². The number of carboxylic acid groups (broad SMARTS) is 1. The zero-order valence-corrected chi connectivity index (χ0v) is 11.1. The summed E-state index contributed by atoms with van der Waals surface area (Å²) in [7, 11) is 2.84. The summed E-state index contributed by atoms with van der Waals surface area (Å²) in [5.41, 5.74) is -0.653. The van der Waals surface area contributed by atoms with Gasteiger partial charge < -0.3 is 19.0 Å². The molecule has 0 aliphatic rings. The number of hydrogen-bond donors (Lipinski definition) is 1. The fourth-order valence-electron chi connectivity index (χ4n) is 1.69. The molecule has 0 fully saturated rings. The molecular weight excluding hydrogens is 288 g/mol. The highest BCUT2D eigenvalue weighted by molar-refractivity contribution is 5.86. The lowest BCUT2D eigenvalue weighted by Gasteiger charge is -2.05. The molecule has 2 rings (SSSR count). The second kappa shape index (κ2) is 5.78. The Morgan fingerprint density at radius 3 is 2.19 bits per heavy atom. The number of rotatable bonds is 5. The first-order valence-corrected chi connectivity index (χ1v) is 5.72. The number of carbonyl (C=O) groups is 1. The van der Waals surface area contributed by atoms with E-state index in [0.717, 1.165) is 0 Å². The molecule has 0 bridgehead atoms. The molecule has 0 saturated carbocycles. The van der Waals surface area contributed by atoms with Crippen LogP contribution in [0.1, 0.15) is 22.7 Å². The maximum absolute atomic E-state index is 12.8. The van der Waals surface area contributed by atoms with Crippen LogP contribution in [0.25, 0.3) is 11.5 Å². The standard InChI is InChI=1S/C13H11F2NO5/c1-19-7-3-6(4-8(5-7)20-2)12-16-9(11(14)15)10(21-12)13(17)18/h3-5,11H,1-2H3,(H,17,18). The SMILES string of the molecule is COc1cc(OC)cc(-c2nc(C(F)F)c(C(=O)O)o2)c1. The number of aromatic nitrogens is 1. The molecule has 2 aromatic rings. The fraction of sp³-hybridized carbons (Fsp3) is 0.231. The minimum Gasteiger partial charge on any atom is -0.497 e. The molecule has 0 aliphatic carbocycles. The molecule has 112 valence electrons. The molecule has 1 aromatic carbocycles. The van der Waals surface area contributed by atoms with Crippen LogP contribution in [0.4, 0.5) is 8.78 Å². The van der Waals surface area contributed by atoms with Crippen LogP contribution in [0.15, 0.2) is 22.6 Å². The van der Waals surface area contributed by atoms with E-state index >= 15 is 0 Å². The summed E-state index contributed by atoms with van der Waals surface area (Å²) >= 11 is 0. The Hall–Kier alpha value is -2.64. The van der Waals surface area contributed by atoms with Crippen LogP contribution in [0.5, 0.6) is 11.5 Å². The van der Waals surface area contributed by atoms with Crippen molar-refractivity contribution in [1.82, 2.24) is 4.98 Å². The number of ether oxygens (including phenoxy) is 2. The summed E-state index contributed by atoms with van der Waals surface area (Å²) in [6.45, 7) is 0. The maximum atomic E-state index is 12.8. The molecule has 0 atom stereocenters. The molecule has 6 nitrogen and oxygen atoms in total. The molecule has 1 N–H and O–H groups in total. The van der Waals surface area contributed by atoms with E-state index in [1.807, 2.05) is 0 Å². The Morgan fingerprint density at radius 2 is 1.81 bits per heavy atom. The summed E-state index contributed by atoms with van der Waals surface area (Å²) < 4.78 is 40.5. The van der Waals surface area contributed by atoms with Crippen LogP contribution in [0.2, 0.25) is 0 Å². The van der Waals surface area contributed by atoms with Gasteiger partial charge in [0.1, 0.15) is 11.5 Å². The average molecular weight is 299 g/mol. The van der Waals surface area contributed by atoms with Crippen molar-refractivity contribution >= 4 is 5.97 Å². The zero-order chi connectivity index (χ0) is 15.6. The van der Waals surface area contributed by atoms with E-state index in [4.69, 9.17) is 19.0 Å². The van der Waals surface area contributed by atoms with Gasteiger partial charge >= 0.3 is 5.97 Å². The molecule has 0 amide bonds. The van der Waals surface area contributed by atoms with Crippen molar-refractivity contribution in [2.24, 2.45) is 0 Å². The van der Waals surface area contributed by atoms with E-state index in [1.165, 1.54) is 26.4 Å². The number of aromatic carboxylic acids is 1. The van der Waals surface area contributed by atoms with Crippen LogP contribution in [0, 0.1) is 0 Å². The second-order valence-corrected chi connectivity index (χ2v) is 3.94. The van der Waals surface area contributed by atoms with E-state index < -0.39 is 23.8 Å². The summed E-state index contributed by atoms with van der Waals surface area (Å²) in [5.74, 6) is -1.98. The van der Waals surface area contributed by atoms with Gasteiger partial charge in [0.15, 0.2) is 5.69 Å². The highest BCUT2D eigenvalue weighted by atomic mass is 19.3. The molecule has 1 heterocycles. The van der Waals surface area contributed by atoms with E-state index in [9.17, 15) is 13.6 Å². The van der Waals surface area contributed by atoms with Crippen LogP contribution in [-0.2, 0) is 0 Å². The van der Waals surface area contributed by atoms with Gasteiger partial charge in [-0.2, -0.15) is 0 Å². The zero-order valence-electron chi connectivity index (χ0n) is 11.1. The number of carboxylic acids is 1. The van der Waals surface area contributed by atoms with Gasteiger partial charge in [0.25, 0.3) is 6.43 Å². The highest BCUT2D eigenvalue weighted by Crippen LogP contribution is 2.32. The highest BCUT2D eigenvalue weighted by Gasteiger charge is 2.27. The molecule has 0 aliphatic heterocycles. The molecule has 0 spiro atoms. The lowest BCUT2D eigenvalue weighted by molar-refractivity contribution is 0.0647. The lowest BCUT2D eigenvalue weighted by Crippen LogP contribution is -1.99. The molecule has 8 heteroatoms. The van der Waals surface area contributed by atoms with Crippen molar-refractivity contribution < 1.29 is 32.6 Å². The number of alkyl halides is 2. The number of oxazole rings is 1. The molecular formula is C13H11F2NO5. The van der Waals surface area contributed by atoms with Crippen molar-refractivity contribution in [3.63, 3.8) is 0 Å². The number of methoxy groups -OCH3 is 2. The predicted octanol–water partition coefficient (Wildman–Crippen LogP) is 2.99. The number of hydrogen-bond acceptors (Lipinski definition) is 5. The summed E-state index contributed by atoms with van der Waals surface area (Å²) in [5, 5.41) is 8.86. The molecule has 0 unspecified atom stereocenters. The third kappa shape index (κ3) is 2.93. The van der Waals surface area contributed by atoms with Crippen molar-refractivity contribution in [2.45, 2.75) is 6.43 Å². The average Bonchev–Trinajstić information content (AvgIpc) is 2.92. The Kier molecular flexibility index (Phi) is 4.06. The smallest absolute Gasteiger partial charge is 0.374 e. The maximum Gasteiger partial charge on any atom is 0.374 e. The largest absolute Gasteiger partial charge is 0.497 e. The van der Waals surface area contributed by atoms with Gasteiger partial charge in [0.05, 0.1) is 14.2 Å². The van der Waals surface area contributed by atoms with Gasteiger partial charge in [-0.3, -0.25) is 0 Å². The monoisotopic (exact) mass is 299 g/mol. The first kappa shape index (κ1) is 14.8. The second-order valence-electron chi connectivity index (χ2n) is 3.94. The van der Waals surface area contributed by atoms with Gasteiger partial charge in [0.2, 0.25) is 11.7 Å². The molecule has 1 aromatic heterocycles. The van der Waals surface area contributed by atoms with E-state index in [2.05, 4.69) is 4.98 Å². The molecule has 21 heavy (non-hydrogen) atoms. The van der Waals surface area contributed by atoms with Gasteiger partial charge in [-0.1, -0.05) is 0 Å². The lowest BCUT2D eigenvalue weighted by atomic mass is 10.2. The van der Waals surface area contributed by atoms with Crippen molar-refractivity contribution in [1.29, 1.82) is 0 Å². The topological polar surface area (TPSA) is 81.8 Å². The third-order valence-corrected chi connectivity index (χ3v) is 2.65. The minimum atomic E-state index is -3.05. The van der Waals surface area contributed by atoms with E-state index in [-0.39, 0.29) is 11.5 Å². The number of halogens is 2. The van der Waals surface area contributed by atoms with Crippen LogP contribution in [0.3, 0.4) is 0 Å². The van der Waals surface area contributed by atoms with Crippen molar-refractivity contribution in [3.05, 3.63) is 29.7 Å². The summed E-state index contributed by atoms with van der Waals surface area (Å²) in [6, 6.07) is 4.50. The van der Waals surface area contributed by atoms with Gasteiger partial charge in [-0.05, 0) is 12.1 Å². The first-order valence-electron chi connectivity index (χ1n) is 5.72. The Labute approximate surface area is 117 Å². The molecule has 0 radical (unpaired) electrons. The molecule has 0 saturated heterocycles. The van der Waals surface area contributed by atoms with Crippen LogP contribution < -0.4 is 9.47 Å². The van der Waals surface area contributed by atoms with Gasteiger partial charge in [-0.25, -0.2) is 18.6 Å². The number of nitrogens with zero attached hydrogens (tertiary/aromatic N) is 1. The van der Waals surface area contributed by atoms with Crippen LogP contribution >= 0.6 is 0 Å². The summed E-state index contributed by atoms with van der Waals surface area (Å²) in [4.78, 5) is 14.4. The first-order chi connectivity index (χ1) is 9.96. The predicted molar refractivity (Wildman–Crippen MR) is 67.0 cm³/mol. The Bertz CT molecular complexity index is 646. The minimum absolute atomic E-state index is 0.250. The number of benzene rings is 1. The van der Waals surface area contributed by atoms with E-state index in [1.54, 1.807) is 6.07 Å². The normalized spacial score (nSPS) is 10.7. The Morgan fingerprint density at radius 1 is 1.24 bits per heavy atom. The third-order valence-electron chi connectivity index (χ3n) is 2.65. The quantitative estimate of drug-likeness (QED) is 0.914. The van der Waals surface area contributed by atoms with Gasteiger partial charge in [-0.15, -0.1) is 0 Å².